The van der Waals surface area contributed by atoms with Crippen molar-refractivity contribution in [2.24, 2.45) is 4.99 Å². The Morgan fingerprint density at radius 3 is 2.80 bits per heavy atom. The van der Waals surface area contributed by atoms with Crippen molar-refractivity contribution >= 4 is 41.3 Å². The number of thiophene rings is 1. The number of methoxy groups -OCH3 is 1. The molecule has 7 heteroatoms. The zero-order valence-electron chi connectivity index (χ0n) is 14.8. The van der Waals surface area contributed by atoms with Gasteiger partial charge in [-0.25, -0.2) is 0 Å². The minimum Gasteiger partial charge on any atom is -0.504 e. The number of phenolic OH excluding ortho intramolecular Hbond substituents is 1. The Balaban J connectivity index is 0.00000312. The van der Waals surface area contributed by atoms with Gasteiger partial charge in [0.2, 0.25) is 0 Å². The van der Waals surface area contributed by atoms with E-state index in [9.17, 15) is 5.11 Å². The normalized spacial score (nSPS) is 12.2. The number of nitrogens with one attached hydrogen (secondary N) is 2. The molecule has 2 rings (SSSR count). The molecule has 3 N–H and O–H groups in total. The molecule has 5 nitrogen and oxygen atoms in total. The van der Waals surface area contributed by atoms with Crippen LogP contribution in [0.2, 0.25) is 0 Å². The van der Waals surface area contributed by atoms with E-state index in [2.05, 4.69) is 47.0 Å². The molecule has 0 radical (unpaired) electrons. The number of aliphatic imine (C=N–C) groups is 1. The van der Waals surface area contributed by atoms with E-state index in [-0.39, 0.29) is 35.8 Å². The van der Waals surface area contributed by atoms with Crippen molar-refractivity contribution in [2.75, 3.05) is 20.2 Å². The fourth-order valence-corrected chi connectivity index (χ4v) is 3.04. The van der Waals surface area contributed by atoms with Gasteiger partial charge in [0.05, 0.1) is 13.2 Å². The number of aromatic hydroxyl groups is 1. The Kier molecular flexibility index (Phi) is 9.66. The molecule has 0 aliphatic rings. The molecule has 0 saturated heterocycles. The van der Waals surface area contributed by atoms with Crippen LogP contribution in [0.3, 0.4) is 0 Å². The highest BCUT2D eigenvalue weighted by atomic mass is 127. The second kappa shape index (κ2) is 11.2. The SMILES string of the molecule is CCNC(=NCCc1ccc(O)c(OC)c1)NC(C)c1cccs1.I. The first-order valence-electron chi connectivity index (χ1n) is 8.08. The minimum absolute atomic E-state index is 0. The number of guanidine groups is 1. The smallest absolute Gasteiger partial charge is 0.191 e. The highest BCUT2D eigenvalue weighted by Crippen LogP contribution is 2.26. The van der Waals surface area contributed by atoms with Gasteiger partial charge in [0, 0.05) is 18.0 Å². The maximum Gasteiger partial charge on any atom is 0.191 e. The highest BCUT2D eigenvalue weighted by Gasteiger charge is 2.08. The molecule has 1 aromatic carbocycles. The summed E-state index contributed by atoms with van der Waals surface area (Å²) in [6.07, 6.45) is 0.778. The third-order valence-corrected chi connectivity index (χ3v) is 4.64. The molecule has 0 saturated carbocycles. The Bertz CT molecular complexity index is 662. The average molecular weight is 475 g/mol. The number of hydrogen-bond donors (Lipinski definition) is 3. The first kappa shape index (κ1) is 21.6. The lowest BCUT2D eigenvalue weighted by Gasteiger charge is -2.16. The summed E-state index contributed by atoms with van der Waals surface area (Å²) >= 11 is 1.73. The molecular formula is C18H26IN3O2S. The summed E-state index contributed by atoms with van der Waals surface area (Å²) < 4.78 is 5.14. The summed E-state index contributed by atoms with van der Waals surface area (Å²) in [5.41, 5.74) is 1.08. The van der Waals surface area contributed by atoms with Crippen molar-refractivity contribution in [3.05, 3.63) is 46.2 Å². The number of hydrogen-bond acceptors (Lipinski definition) is 4. The quantitative estimate of drug-likeness (QED) is 0.323. The maximum atomic E-state index is 9.64. The summed E-state index contributed by atoms with van der Waals surface area (Å²) in [7, 11) is 1.55. The van der Waals surface area contributed by atoms with Gasteiger partial charge < -0.3 is 20.5 Å². The second-order valence-corrected chi connectivity index (χ2v) is 6.38. The zero-order valence-corrected chi connectivity index (χ0v) is 17.9. The predicted molar refractivity (Wildman–Crippen MR) is 116 cm³/mol. The topological polar surface area (TPSA) is 65.9 Å². The Morgan fingerprint density at radius 1 is 1.36 bits per heavy atom. The van der Waals surface area contributed by atoms with E-state index >= 15 is 0 Å². The number of benzene rings is 1. The van der Waals surface area contributed by atoms with Crippen molar-refractivity contribution in [3.63, 3.8) is 0 Å². The van der Waals surface area contributed by atoms with E-state index < -0.39 is 0 Å². The van der Waals surface area contributed by atoms with Crippen molar-refractivity contribution in [2.45, 2.75) is 26.3 Å². The fourth-order valence-electron chi connectivity index (χ4n) is 2.31. The van der Waals surface area contributed by atoms with E-state index in [1.54, 1.807) is 24.5 Å². The Labute approximate surface area is 170 Å². The lowest BCUT2D eigenvalue weighted by Crippen LogP contribution is -2.38. The number of halogens is 1. The highest BCUT2D eigenvalue weighted by molar-refractivity contribution is 14.0. The summed E-state index contributed by atoms with van der Waals surface area (Å²) in [6, 6.07) is 9.79. The van der Waals surface area contributed by atoms with Crippen LogP contribution in [0.1, 0.15) is 30.3 Å². The van der Waals surface area contributed by atoms with E-state index in [0.29, 0.717) is 12.3 Å². The van der Waals surface area contributed by atoms with Crippen LogP contribution in [-0.4, -0.2) is 31.3 Å². The maximum absolute atomic E-state index is 9.64. The number of phenols is 1. The van der Waals surface area contributed by atoms with Crippen LogP contribution in [0.5, 0.6) is 11.5 Å². The van der Waals surface area contributed by atoms with Crippen molar-refractivity contribution in [1.29, 1.82) is 0 Å². The molecule has 1 aromatic heterocycles. The van der Waals surface area contributed by atoms with Gasteiger partial charge in [-0.15, -0.1) is 35.3 Å². The van der Waals surface area contributed by atoms with Crippen LogP contribution in [0.15, 0.2) is 40.7 Å². The zero-order chi connectivity index (χ0) is 17.4. The largest absolute Gasteiger partial charge is 0.504 e. The minimum atomic E-state index is 0. The molecule has 1 heterocycles. The van der Waals surface area contributed by atoms with E-state index in [0.717, 1.165) is 24.5 Å². The van der Waals surface area contributed by atoms with Gasteiger partial charge in [-0.3, -0.25) is 4.99 Å². The van der Waals surface area contributed by atoms with Crippen molar-refractivity contribution in [1.82, 2.24) is 10.6 Å². The molecule has 0 amide bonds. The van der Waals surface area contributed by atoms with Gasteiger partial charge in [0.15, 0.2) is 17.5 Å². The average Bonchev–Trinajstić information content (AvgIpc) is 3.11. The summed E-state index contributed by atoms with van der Waals surface area (Å²) in [5, 5.41) is 18.4. The van der Waals surface area contributed by atoms with Crippen LogP contribution in [0, 0.1) is 0 Å². The van der Waals surface area contributed by atoms with Gasteiger partial charge in [0.1, 0.15) is 0 Å². The van der Waals surface area contributed by atoms with E-state index in [1.165, 1.54) is 4.88 Å². The van der Waals surface area contributed by atoms with Crippen LogP contribution < -0.4 is 15.4 Å². The molecule has 0 bridgehead atoms. The van der Waals surface area contributed by atoms with Gasteiger partial charge in [-0.05, 0) is 49.4 Å². The second-order valence-electron chi connectivity index (χ2n) is 5.40. The third-order valence-electron chi connectivity index (χ3n) is 3.58. The van der Waals surface area contributed by atoms with E-state index in [1.807, 2.05) is 12.1 Å². The molecule has 0 aliphatic carbocycles. The van der Waals surface area contributed by atoms with Crippen LogP contribution in [0.4, 0.5) is 0 Å². The molecule has 0 spiro atoms. The summed E-state index contributed by atoms with van der Waals surface area (Å²) in [4.78, 5) is 5.91. The molecule has 2 aromatic rings. The molecule has 25 heavy (non-hydrogen) atoms. The molecular weight excluding hydrogens is 449 g/mol. The summed E-state index contributed by atoms with van der Waals surface area (Å²) in [5.74, 6) is 1.46. The first-order valence-corrected chi connectivity index (χ1v) is 8.96. The van der Waals surface area contributed by atoms with Gasteiger partial charge >= 0.3 is 0 Å². The van der Waals surface area contributed by atoms with Crippen LogP contribution in [-0.2, 0) is 6.42 Å². The van der Waals surface area contributed by atoms with Crippen LogP contribution in [0.25, 0.3) is 0 Å². The van der Waals surface area contributed by atoms with Crippen molar-refractivity contribution < 1.29 is 9.84 Å². The summed E-state index contributed by atoms with van der Waals surface area (Å²) in [6.45, 7) is 5.65. The Hall–Kier alpha value is -1.48. The van der Waals surface area contributed by atoms with Crippen LogP contribution >= 0.6 is 35.3 Å². The third kappa shape index (κ3) is 6.74. The lowest BCUT2D eigenvalue weighted by atomic mass is 10.1. The van der Waals surface area contributed by atoms with E-state index in [4.69, 9.17) is 4.74 Å². The monoisotopic (exact) mass is 475 g/mol. The standard InChI is InChI=1S/C18H25N3O2S.HI/c1-4-19-18(21-13(2)17-6-5-11-24-17)20-10-9-14-7-8-15(22)16(12-14)23-3;/h5-8,11-13,22H,4,9-10H2,1-3H3,(H2,19,20,21);1H. The molecule has 1 unspecified atom stereocenters. The lowest BCUT2D eigenvalue weighted by molar-refractivity contribution is 0.373. The molecule has 138 valence electrons. The van der Waals surface area contributed by atoms with Gasteiger partial charge in [-0.1, -0.05) is 12.1 Å². The predicted octanol–water partition coefficient (Wildman–Crippen LogP) is 3.94. The number of ether oxygens (including phenoxy) is 1. The Morgan fingerprint density at radius 2 is 2.16 bits per heavy atom. The fraction of sp³-hybridized carbons (Fsp3) is 0.389. The molecule has 0 aliphatic heterocycles. The first-order chi connectivity index (χ1) is 11.6. The number of rotatable bonds is 7. The van der Waals surface area contributed by atoms with Gasteiger partial charge in [0.25, 0.3) is 0 Å². The van der Waals surface area contributed by atoms with Gasteiger partial charge in [-0.2, -0.15) is 0 Å². The van der Waals surface area contributed by atoms with Crippen molar-refractivity contribution in [3.8, 4) is 11.5 Å². The number of nitrogens with zero attached hydrogens (tertiary/aromatic N) is 1. The molecule has 1 atom stereocenters. The molecule has 0 fully saturated rings.